The number of benzene rings is 1. The molecule has 1 N–H and O–H groups in total. The van der Waals surface area contributed by atoms with E-state index in [1.165, 1.54) is 5.56 Å². The van der Waals surface area contributed by atoms with Gasteiger partial charge in [-0.25, -0.2) is 4.68 Å². The lowest BCUT2D eigenvalue weighted by atomic mass is 10.1. The van der Waals surface area contributed by atoms with Crippen LogP contribution >= 0.6 is 0 Å². The van der Waals surface area contributed by atoms with Gasteiger partial charge in [-0.05, 0) is 18.9 Å². The SMILES string of the molecule is CCCn1nc(-c2ccccc2C)cc1O. The zero-order valence-corrected chi connectivity index (χ0v) is 9.64. The van der Waals surface area contributed by atoms with Crippen molar-refractivity contribution >= 4 is 0 Å². The maximum Gasteiger partial charge on any atom is 0.209 e. The molecule has 0 spiro atoms. The normalized spacial score (nSPS) is 10.6. The zero-order chi connectivity index (χ0) is 11.5. The first-order valence-corrected chi connectivity index (χ1v) is 5.55. The van der Waals surface area contributed by atoms with E-state index in [1.54, 1.807) is 10.7 Å². The van der Waals surface area contributed by atoms with Gasteiger partial charge in [0.25, 0.3) is 0 Å². The maximum absolute atomic E-state index is 9.72. The average Bonchev–Trinajstić information content (AvgIpc) is 2.61. The molecule has 0 fully saturated rings. The Bertz CT molecular complexity index is 488. The summed E-state index contributed by atoms with van der Waals surface area (Å²) in [6.45, 7) is 4.86. The van der Waals surface area contributed by atoms with E-state index in [0.29, 0.717) is 0 Å². The van der Waals surface area contributed by atoms with Crippen LogP contribution in [0.3, 0.4) is 0 Å². The summed E-state index contributed by atoms with van der Waals surface area (Å²) in [5, 5.41) is 14.1. The molecular formula is C13H16N2O. The molecule has 1 aromatic heterocycles. The summed E-state index contributed by atoms with van der Waals surface area (Å²) < 4.78 is 1.64. The molecule has 2 rings (SSSR count). The smallest absolute Gasteiger partial charge is 0.209 e. The van der Waals surface area contributed by atoms with Crippen molar-refractivity contribution in [1.82, 2.24) is 9.78 Å². The van der Waals surface area contributed by atoms with Gasteiger partial charge in [0, 0.05) is 18.2 Å². The molecule has 2 aromatic rings. The summed E-state index contributed by atoms with van der Waals surface area (Å²) in [6, 6.07) is 9.77. The molecule has 0 aliphatic heterocycles. The van der Waals surface area contributed by atoms with Crippen LogP contribution in [0.4, 0.5) is 0 Å². The highest BCUT2D eigenvalue weighted by Gasteiger charge is 2.09. The number of aryl methyl sites for hydroxylation is 2. The standard InChI is InChI=1S/C13H16N2O/c1-3-8-15-13(16)9-12(14-15)11-7-5-4-6-10(11)2/h4-7,9,16H,3,8H2,1-2H3. The van der Waals surface area contributed by atoms with E-state index in [9.17, 15) is 5.11 Å². The minimum atomic E-state index is 0.236. The zero-order valence-electron chi connectivity index (χ0n) is 9.64. The Morgan fingerprint density at radius 2 is 2.06 bits per heavy atom. The Labute approximate surface area is 95.3 Å². The first kappa shape index (κ1) is 10.7. The third-order valence-corrected chi connectivity index (χ3v) is 2.62. The van der Waals surface area contributed by atoms with Crippen molar-refractivity contribution < 1.29 is 5.11 Å². The van der Waals surface area contributed by atoms with Crippen LogP contribution in [0.25, 0.3) is 11.3 Å². The van der Waals surface area contributed by atoms with Gasteiger partial charge in [-0.1, -0.05) is 31.2 Å². The molecule has 16 heavy (non-hydrogen) atoms. The lowest BCUT2D eigenvalue weighted by Gasteiger charge is -2.01. The molecule has 0 amide bonds. The molecule has 0 saturated carbocycles. The molecule has 1 aromatic carbocycles. The molecule has 0 saturated heterocycles. The number of hydrogen-bond acceptors (Lipinski definition) is 2. The summed E-state index contributed by atoms with van der Waals surface area (Å²) >= 11 is 0. The van der Waals surface area contributed by atoms with Crippen molar-refractivity contribution in [3.05, 3.63) is 35.9 Å². The van der Waals surface area contributed by atoms with E-state index in [4.69, 9.17) is 0 Å². The highest BCUT2D eigenvalue weighted by Crippen LogP contribution is 2.25. The van der Waals surface area contributed by atoms with E-state index in [0.717, 1.165) is 24.2 Å². The second-order valence-electron chi connectivity index (χ2n) is 3.93. The van der Waals surface area contributed by atoms with Gasteiger partial charge in [-0.2, -0.15) is 5.10 Å². The first-order chi connectivity index (χ1) is 7.72. The van der Waals surface area contributed by atoms with E-state index >= 15 is 0 Å². The summed E-state index contributed by atoms with van der Waals surface area (Å²) in [4.78, 5) is 0. The molecule has 1 heterocycles. The van der Waals surface area contributed by atoms with Crippen LogP contribution in [0, 0.1) is 6.92 Å². The first-order valence-electron chi connectivity index (χ1n) is 5.55. The van der Waals surface area contributed by atoms with Gasteiger partial charge in [0.05, 0.1) is 5.69 Å². The van der Waals surface area contributed by atoms with Crippen molar-refractivity contribution in [2.45, 2.75) is 26.8 Å². The Balaban J connectivity index is 2.42. The summed E-state index contributed by atoms with van der Waals surface area (Å²) in [6.07, 6.45) is 0.961. The van der Waals surface area contributed by atoms with Crippen LogP contribution in [0.1, 0.15) is 18.9 Å². The van der Waals surface area contributed by atoms with Gasteiger partial charge >= 0.3 is 0 Å². The molecule has 0 unspecified atom stereocenters. The van der Waals surface area contributed by atoms with Crippen molar-refractivity contribution in [2.24, 2.45) is 0 Å². The van der Waals surface area contributed by atoms with Gasteiger partial charge in [-0.15, -0.1) is 0 Å². The fourth-order valence-corrected chi connectivity index (χ4v) is 1.78. The average molecular weight is 216 g/mol. The van der Waals surface area contributed by atoms with Crippen LogP contribution in [0.15, 0.2) is 30.3 Å². The number of nitrogens with zero attached hydrogens (tertiary/aromatic N) is 2. The number of aromatic hydroxyl groups is 1. The predicted octanol–water partition coefficient (Wildman–Crippen LogP) is 2.97. The van der Waals surface area contributed by atoms with Crippen molar-refractivity contribution in [3.8, 4) is 17.1 Å². The van der Waals surface area contributed by atoms with Gasteiger partial charge < -0.3 is 5.11 Å². The third kappa shape index (κ3) is 1.94. The fraction of sp³-hybridized carbons (Fsp3) is 0.308. The number of rotatable bonds is 3. The number of hydrogen-bond donors (Lipinski definition) is 1. The molecule has 3 nitrogen and oxygen atoms in total. The van der Waals surface area contributed by atoms with Crippen LogP contribution in [-0.4, -0.2) is 14.9 Å². The summed E-state index contributed by atoms with van der Waals surface area (Å²) in [7, 11) is 0. The van der Waals surface area contributed by atoms with Gasteiger partial charge in [0.1, 0.15) is 0 Å². The second kappa shape index (κ2) is 4.39. The van der Waals surface area contributed by atoms with Gasteiger partial charge in [0.15, 0.2) is 0 Å². The molecule has 0 atom stereocenters. The van der Waals surface area contributed by atoms with E-state index in [1.807, 2.05) is 31.2 Å². The largest absolute Gasteiger partial charge is 0.493 e. The highest BCUT2D eigenvalue weighted by atomic mass is 16.3. The Kier molecular flexibility index (Phi) is 2.95. The Morgan fingerprint density at radius 3 is 2.75 bits per heavy atom. The molecule has 0 radical (unpaired) electrons. The lowest BCUT2D eigenvalue weighted by molar-refractivity contribution is 0.397. The van der Waals surface area contributed by atoms with Crippen LogP contribution in [0.2, 0.25) is 0 Å². The molecule has 84 valence electrons. The topological polar surface area (TPSA) is 38.0 Å². The van der Waals surface area contributed by atoms with Crippen LogP contribution < -0.4 is 0 Å². The summed E-state index contributed by atoms with van der Waals surface area (Å²) in [5.74, 6) is 0.236. The highest BCUT2D eigenvalue weighted by molar-refractivity contribution is 5.64. The van der Waals surface area contributed by atoms with E-state index in [-0.39, 0.29) is 5.88 Å². The van der Waals surface area contributed by atoms with Gasteiger partial charge in [0.2, 0.25) is 5.88 Å². The second-order valence-corrected chi connectivity index (χ2v) is 3.93. The Morgan fingerprint density at radius 1 is 1.31 bits per heavy atom. The van der Waals surface area contributed by atoms with Crippen LogP contribution in [0.5, 0.6) is 5.88 Å². The molecule has 0 bridgehead atoms. The molecule has 0 aliphatic rings. The van der Waals surface area contributed by atoms with Gasteiger partial charge in [-0.3, -0.25) is 0 Å². The van der Waals surface area contributed by atoms with Crippen molar-refractivity contribution in [2.75, 3.05) is 0 Å². The van der Waals surface area contributed by atoms with Crippen molar-refractivity contribution in [3.63, 3.8) is 0 Å². The fourth-order valence-electron chi connectivity index (χ4n) is 1.78. The molecular weight excluding hydrogens is 200 g/mol. The van der Waals surface area contributed by atoms with Crippen LogP contribution in [-0.2, 0) is 6.54 Å². The lowest BCUT2D eigenvalue weighted by Crippen LogP contribution is -1.98. The minimum Gasteiger partial charge on any atom is -0.493 e. The summed E-state index contributed by atoms with van der Waals surface area (Å²) in [5.41, 5.74) is 3.08. The van der Waals surface area contributed by atoms with E-state index < -0.39 is 0 Å². The quantitative estimate of drug-likeness (QED) is 0.856. The minimum absolute atomic E-state index is 0.236. The molecule has 3 heteroatoms. The van der Waals surface area contributed by atoms with Crippen molar-refractivity contribution in [1.29, 1.82) is 0 Å². The predicted molar refractivity (Wildman–Crippen MR) is 64.4 cm³/mol. The monoisotopic (exact) mass is 216 g/mol. The number of aromatic nitrogens is 2. The maximum atomic E-state index is 9.72. The molecule has 0 aliphatic carbocycles. The van der Waals surface area contributed by atoms with E-state index in [2.05, 4.69) is 12.0 Å². The Hall–Kier alpha value is -1.77. The third-order valence-electron chi connectivity index (χ3n) is 2.62.